The summed E-state index contributed by atoms with van der Waals surface area (Å²) in [4.78, 5) is 2.71. The van der Waals surface area contributed by atoms with Crippen molar-refractivity contribution in [2.24, 2.45) is 0 Å². The molecule has 0 saturated carbocycles. The maximum absolute atomic E-state index is 3.97. The molecular formula is C61H64BN2S. The number of nitrogens with one attached hydrogen (secondary N) is 1. The Hall–Kier alpha value is -5.32. The SMILES string of the molecule is Cc1cc2c(cc1N1c3sc4cc5c(cc4c3[B]c3c(-c4cc6ccccc6cc4Nc4ccc(C(C)(C)C)cc4)cc4ccccc4c31)C(C)(C)CCC5(C)C)C(C)(C)CCC2(C)C. The van der Waals surface area contributed by atoms with E-state index in [0.29, 0.717) is 0 Å². The van der Waals surface area contributed by atoms with Crippen LogP contribution in [0.2, 0.25) is 0 Å². The van der Waals surface area contributed by atoms with E-state index in [-0.39, 0.29) is 27.1 Å². The molecule has 0 atom stereocenters. The van der Waals surface area contributed by atoms with Gasteiger partial charge < -0.3 is 10.2 Å². The number of hydrogen-bond donors (Lipinski definition) is 1. The predicted molar refractivity (Wildman–Crippen MR) is 286 cm³/mol. The molecule has 0 fully saturated rings. The smallest absolute Gasteiger partial charge is 0.199 e. The first-order valence-electron chi connectivity index (χ1n) is 24.1. The molecule has 1 N–H and O–H groups in total. The number of thiophene rings is 1. The van der Waals surface area contributed by atoms with Gasteiger partial charge in [-0.05, 0) is 180 Å². The molecule has 11 rings (SSSR count). The van der Waals surface area contributed by atoms with Gasteiger partial charge in [-0.3, -0.25) is 0 Å². The lowest BCUT2D eigenvalue weighted by molar-refractivity contribution is 0.332. The van der Waals surface area contributed by atoms with E-state index in [0.717, 1.165) is 11.4 Å². The van der Waals surface area contributed by atoms with Crippen LogP contribution < -0.4 is 21.1 Å². The van der Waals surface area contributed by atoms with Crippen molar-refractivity contribution < 1.29 is 0 Å². The highest BCUT2D eigenvalue weighted by atomic mass is 32.1. The van der Waals surface area contributed by atoms with Crippen molar-refractivity contribution in [2.45, 2.75) is 136 Å². The van der Waals surface area contributed by atoms with Crippen LogP contribution in [-0.2, 0) is 27.1 Å². The second-order valence-corrected chi connectivity index (χ2v) is 24.5. The van der Waals surface area contributed by atoms with E-state index in [1.54, 1.807) is 0 Å². The largest absolute Gasteiger partial charge is 0.355 e. The first-order chi connectivity index (χ1) is 30.7. The van der Waals surface area contributed by atoms with E-state index in [4.69, 9.17) is 0 Å². The molecule has 1 aromatic heterocycles. The Morgan fingerprint density at radius 2 is 1.09 bits per heavy atom. The van der Waals surface area contributed by atoms with E-state index < -0.39 is 0 Å². The summed E-state index contributed by atoms with van der Waals surface area (Å²) in [5.74, 6) is 0. The summed E-state index contributed by atoms with van der Waals surface area (Å²) in [7, 11) is 2.58. The van der Waals surface area contributed by atoms with E-state index in [1.165, 1.54) is 129 Å². The van der Waals surface area contributed by atoms with Gasteiger partial charge in [0.05, 0.1) is 10.7 Å². The molecule has 0 bridgehead atoms. The molecule has 4 heteroatoms. The number of benzene rings is 7. The van der Waals surface area contributed by atoms with Gasteiger partial charge in [0.25, 0.3) is 0 Å². The van der Waals surface area contributed by atoms with Crippen molar-refractivity contribution in [3.63, 3.8) is 0 Å². The Morgan fingerprint density at radius 1 is 0.554 bits per heavy atom. The molecule has 2 aliphatic carbocycles. The van der Waals surface area contributed by atoms with Gasteiger partial charge in [0.15, 0.2) is 7.28 Å². The summed E-state index contributed by atoms with van der Waals surface area (Å²) in [6.45, 7) is 28.9. The Labute approximate surface area is 392 Å². The van der Waals surface area contributed by atoms with Gasteiger partial charge in [0.1, 0.15) is 0 Å². The molecule has 1 aliphatic heterocycles. The van der Waals surface area contributed by atoms with Crippen molar-refractivity contribution in [1.29, 1.82) is 0 Å². The second kappa shape index (κ2) is 14.3. The topological polar surface area (TPSA) is 15.3 Å². The lowest BCUT2D eigenvalue weighted by Gasteiger charge is -2.43. The molecule has 1 radical (unpaired) electrons. The number of nitrogens with zero attached hydrogens (tertiary/aromatic N) is 1. The van der Waals surface area contributed by atoms with Crippen molar-refractivity contribution >= 4 is 88.9 Å². The van der Waals surface area contributed by atoms with Gasteiger partial charge in [-0.1, -0.05) is 143 Å². The number of rotatable bonds is 4. The quantitative estimate of drug-likeness (QED) is 0.177. The fourth-order valence-corrected chi connectivity index (χ4v) is 12.8. The number of aryl methyl sites for hydroxylation is 1. The van der Waals surface area contributed by atoms with Crippen LogP contribution in [0.25, 0.3) is 42.8 Å². The molecule has 3 aliphatic rings. The molecule has 65 heavy (non-hydrogen) atoms. The molecule has 8 aromatic rings. The molecule has 0 unspecified atom stereocenters. The van der Waals surface area contributed by atoms with Crippen LogP contribution in [0.3, 0.4) is 0 Å². The minimum absolute atomic E-state index is 0.0674. The van der Waals surface area contributed by atoms with Crippen molar-refractivity contribution in [2.75, 3.05) is 10.2 Å². The summed E-state index contributed by atoms with van der Waals surface area (Å²) >= 11 is 1.99. The lowest BCUT2D eigenvalue weighted by atomic mass is 9.57. The monoisotopic (exact) mass is 867 g/mol. The van der Waals surface area contributed by atoms with E-state index in [9.17, 15) is 0 Å². The Kier molecular flexibility index (Phi) is 9.34. The third kappa shape index (κ3) is 6.79. The van der Waals surface area contributed by atoms with Gasteiger partial charge in [0.2, 0.25) is 0 Å². The van der Waals surface area contributed by atoms with Crippen LogP contribution in [0, 0.1) is 6.92 Å². The molecule has 7 aromatic carbocycles. The zero-order chi connectivity index (χ0) is 45.6. The van der Waals surface area contributed by atoms with Gasteiger partial charge in [0, 0.05) is 32.7 Å². The number of hydrogen-bond acceptors (Lipinski definition) is 3. The highest BCUT2D eigenvalue weighted by Crippen LogP contribution is 2.54. The molecule has 2 heterocycles. The fourth-order valence-electron chi connectivity index (χ4n) is 11.6. The minimum atomic E-state index is 0.0674. The molecule has 327 valence electrons. The summed E-state index contributed by atoms with van der Waals surface area (Å²) in [6.07, 6.45) is 4.76. The summed E-state index contributed by atoms with van der Waals surface area (Å²) < 4.78 is 1.38. The minimum Gasteiger partial charge on any atom is -0.355 e. The van der Waals surface area contributed by atoms with Gasteiger partial charge >= 0.3 is 0 Å². The maximum Gasteiger partial charge on any atom is 0.199 e. The zero-order valence-electron chi connectivity index (χ0n) is 40.7. The highest BCUT2D eigenvalue weighted by molar-refractivity contribution is 7.25. The van der Waals surface area contributed by atoms with E-state index >= 15 is 0 Å². The first-order valence-corrected chi connectivity index (χ1v) is 24.9. The molecule has 0 amide bonds. The van der Waals surface area contributed by atoms with Crippen LogP contribution in [0.1, 0.15) is 135 Å². The number of fused-ring (bicyclic) bond motifs is 9. The molecule has 2 nitrogen and oxygen atoms in total. The normalized spacial score (nSPS) is 17.9. The Bertz CT molecular complexity index is 3260. The predicted octanol–water partition coefficient (Wildman–Crippen LogP) is 16.4. The number of anilines is 5. The average Bonchev–Trinajstić information content (AvgIpc) is 3.62. The summed E-state index contributed by atoms with van der Waals surface area (Å²) in [5, 5.41) is 11.6. The van der Waals surface area contributed by atoms with Crippen LogP contribution >= 0.6 is 11.3 Å². The van der Waals surface area contributed by atoms with Crippen molar-refractivity contribution in [1.82, 2.24) is 0 Å². The standard InChI is InChI=1S/C61H64BN2S/c1-36-29-46-48(60(9,10)27-25-58(46,5)6)34-51(36)64-55-42-20-16-15-19-39(42)31-44(43-30-37-17-13-14-18-38(37)32-50(43)63-41-23-21-40(22-24-41)57(2,3)4)53(55)62-54-45-33-47-49(35-52(45)65-56(54)64)61(11,12)28-26-59(47,7)8/h13-24,29-35,63H,25-28H2,1-12H3. The first kappa shape index (κ1) is 42.3. The van der Waals surface area contributed by atoms with Crippen molar-refractivity contribution in [3.05, 3.63) is 149 Å². The third-order valence-corrected chi connectivity index (χ3v) is 17.2. The average molecular weight is 868 g/mol. The fraction of sp³-hybridized carbons (Fsp3) is 0.344. The van der Waals surface area contributed by atoms with Gasteiger partial charge in [-0.2, -0.15) is 0 Å². The van der Waals surface area contributed by atoms with E-state index in [1.807, 2.05) is 11.3 Å². The zero-order valence-corrected chi connectivity index (χ0v) is 41.5. The van der Waals surface area contributed by atoms with Crippen molar-refractivity contribution in [3.8, 4) is 11.1 Å². The Morgan fingerprint density at radius 3 is 1.72 bits per heavy atom. The highest BCUT2D eigenvalue weighted by Gasteiger charge is 2.42. The molecule has 0 spiro atoms. The second-order valence-electron chi connectivity index (χ2n) is 23.5. The summed E-state index contributed by atoms with van der Waals surface area (Å²) in [6, 6.07) is 44.6. The van der Waals surface area contributed by atoms with E-state index in [2.05, 4.69) is 216 Å². The third-order valence-electron chi connectivity index (χ3n) is 16.1. The lowest BCUT2D eigenvalue weighted by Crippen LogP contribution is -2.41. The van der Waals surface area contributed by atoms with Crippen LogP contribution in [0.4, 0.5) is 27.8 Å². The van der Waals surface area contributed by atoms with Crippen LogP contribution in [-0.4, -0.2) is 7.28 Å². The van der Waals surface area contributed by atoms with Crippen LogP contribution in [0.5, 0.6) is 0 Å². The maximum atomic E-state index is 3.97. The van der Waals surface area contributed by atoms with Gasteiger partial charge in [-0.15, -0.1) is 11.3 Å². The Balaban J connectivity index is 1.23. The molecular weight excluding hydrogens is 804 g/mol. The summed E-state index contributed by atoms with van der Waals surface area (Å²) in [5.41, 5.74) is 19.0. The molecule has 0 saturated heterocycles. The van der Waals surface area contributed by atoms with Gasteiger partial charge in [-0.25, -0.2) is 0 Å². The van der Waals surface area contributed by atoms with Crippen LogP contribution in [0.15, 0.2) is 115 Å².